The normalized spacial score (nSPS) is 19.0. The fourth-order valence-corrected chi connectivity index (χ4v) is 5.79. The van der Waals surface area contributed by atoms with Gasteiger partial charge in [-0.25, -0.2) is 9.97 Å². The Morgan fingerprint density at radius 2 is 1.20 bits per heavy atom. The van der Waals surface area contributed by atoms with Gasteiger partial charge in [0.15, 0.2) is 5.58 Å². The monoisotopic (exact) mass is 603 g/mol. The van der Waals surface area contributed by atoms with Crippen molar-refractivity contribution in [3.63, 3.8) is 0 Å². The number of fused-ring (bicyclic) bond motifs is 6. The molecule has 0 aliphatic carbocycles. The van der Waals surface area contributed by atoms with Gasteiger partial charge in [0, 0.05) is 31.1 Å². The summed E-state index contributed by atoms with van der Waals surface area (Å²) in [6.45, 7) is 0. The van der Waals surface area contributed by atoms with Gasteiger partial charge in [0.2, 0.25) is 0 Å². The smallest absolute Gasteiger partial charge is 0.180 e. The molecule has 0 spiro atoms. The summed E-state index contributed by atoms with van der Waals surface area (Å²) < 4.78 is 206. The third-order valence-corrected chi connectivity index (χ3v) is 7.82. The van der Waals surface area contributed by atoms with E-state index in [-0.39, 0.29) is 36.6 Å². The van der Waals surface area contributed by atoms with Crippen molar-refractivity contribution in [2.75, 3.05) is 0 Å². The number of rotatable bonds is 4. The molecule has 0 atom stereocenters. The van der Waals surface area contributed by atoms with E-state index in [1.54, 1.807) is 0 Å². The Morgan fingerprint density at radius 3 is 2.09 bits per heavy atom. The molecule has 3 aromatic heterocycles. The first-order valence-electron chi connectivity index (χ1n) is 24.3. The summed E-state index contributed by atoms with van der Waals surface area (Å²) in [7, 11) is 0. The van der Waals surface area contributed by atoms with E-state index in [1.807, 2.05) is 0 Å². The molecule has 6 aromatic carbocycles. The van der Waals surface area contributed by atoms with Crippen molar-refractivity contribution in [2.45, 2.75) is 0 Å². The van der Waals surface area contributed by atoms with E-state index in [0.717, 1.165) is 17.7 Å². The number of nitrogens with zero attached hydrogens (tertiary/aromatic N) is 2. The Balaban J connectivity index is 1.33. The van der Waals surface area contributed by atoms with Crippen LogP contribution in [-0.4, -0.2) is 9.97 Å². The Labute approximate surface area is 290 Å². The summed E-state index contributed by atoms with van der Waals surface area (Å²) >= 11 is 0.727. The molecule has 0 radical (unpaired) electrons. The van der Waals surface area contributed by atoms with Gasteiger partial charge in [-0.15, -0.1) is 11.3 Å². The lowest BCUT2D eigenvalue weighted by atomic mass is 9.99. The SMILES string of the molecule is [2H]c1c([2H])c([2H])c(-c2c([2H])c([2H])c(-c3c([2H])c([2H])c4oc5c(-c6c([2H])c([2H])c([2H])c(-c7c([2H])c([2H])c([2H])c8c7sc7c([2H])c([2H])c([2H])c([2H])c78)c6[2H])ncnc5c4c3[2H])c([2H])c2[2H])c([2H])c1[2H]. The second-order valence-corrected chi connectivity index (χ2v) is 10.2. The Kier molecular flexibility index (Phi) is 2.54. The molecule has 0 aliphatic heterocycles. The van der Waals surface area contributed by atoms with Crippen LogP contribution in [0.25, 0.3) is 86.9 Å². The summed E-state index contributed by atoms with van der Waals surface area (Å²) in [5.41, 5.74) is -5.48. The largest absolute Gasteiger partial charge is 0.452 e. The van der Waals surface area contributed by atoms with Crippen LogP contribution >= 0.6 is 11.3 Å². The van der Waals surface area contributed by atoms with Crippen molar-refractivity contribution in [1.29, 1.82) is 0 Å². The van der Waals surface area contributed by atoms with Gasteiger partial charge in [0.1, 0.15) is 23.1 Å². The molecular formula is C40H24N2OS. The zero-order valence-corrected chi connectivity index (χ0v) is 22.6. The van der Waals surface area contributed by atoms with Crippen LogP contribution in [0.2, 0.25) is 0 Å². The summed E-state index contributed by atoms with van der Waals surface area (Å²) in [5, 5.41) is -0.617. The van der Waals surface area contributed by atoms with Crippen LogP contribution in [0.15, 0.2) is 150 Å². The van der Waals surface area contributed by atoms with Gasteiger partial charge >= 0.3 is 0 Å². The van der Waals surface area contributed by atoms with Crippen molar-refractivity contribution < 1.29 is 35.9 Å². The van der Waals surface area contributed by atoms with Crippen molar-refractivity contribution in [3.8, 4) is 44.6 Å². The third kappa shape index (κ3) is 4.03. The van der Waals surface area contributed by atoms with Crippen LogP contribution in [-0.2, 0) is 0 Å². The maximum atomic E-state index is 9.50. The van der Waals surface area contributed by atoms with E-state index < -0.39 is 189 Å². The van der Waals surface area contributed by atoms with Gasteiger partial charge in [-0.05, 0) is 57.6 Å². The molecule has 0 saturated heterocycles. The fourth-order valence-electron chi connectivity index (χ4n) is 4.72. The number of hydrogen-bond acceptors (Lipinski definition) is 4. The highest BCUT2D eigenvalue weighted by atomic mass is 32.1. The molecule has 0 amide bonds. The summed E-state index contributed by atoms with van der Waals surface area (Å²) in [6, 6.07) is -17.0. The second-order valence-electron chi connectivity index (χ2n) is 9.22. The van der Waals surface area contributed by atoms with E-state index in [4.69, 9.17) is 33.2 Å². The van der Waals surface area contributed by atoms with Crippen LogP contribution in [0.3, 0.4) is 0 Å². The Morgan fingerprint density at radius 1 is 0.523 bits per heavy atom. The van der Waals surface area contributed by atoms with E-state index in [2.05, 4.69) is 9.97 Å². The van der Waals surface area contributed by atoms with Crippen molar-refractivity contribution in [3.05, 3.63) is 145 Å². The molecule has 0 unspecified atom stereocenters. The van der Waals surface area contributed by atoms with Gasteiger partial charge in [-0.1, -0.05) is 115 Å². The number of benzene rings is 6. The minimum Gasteiger partial charge on any atom is -0.452 e. The average molecular weight is 604 g/mol. The number of aromatic nitrogens is 2. The van der Waals surface area contributed by atoms with Gasteiger partial charge in [-0.2, -0.15) is 0 Å². The highest BCUT2D eigenvalue weighted by Crippen LogP contribution is 2.41. The third-order valence-electron chi connectivity index (χ3n) is 6.70. The van der Waals surface area contributed by atoms with Crippen molar-refractivity contribution >= 4 is 53.6 Å². The molecule has 0 N–H and O–H groups in total. The molecule has 206 valence electrons. The van der Waals surface area contributed by atoms with Crippen LogP contribution < -0.4 is 0 Å². The average Bonchev–Trinajstić information content (AvgIpc) is 3.90. The van der Waals surface area contributed by atoms with E-state index in [9.17, 15) is 2.74 Å². The minimum atomic E-state index is -0.885. The fraction of sp³-hybridized carbons (Fsp3) is 0. The van der Waals surface area contributed by atoms with Gasteiger partial charge in [-0.3, -0.25) is 0 Å². The van der Waals surface area contributed by atoms with Crippen LogP contribution in [0.5, 0.6) is 0 Å². The molecule has 4 heteroatoms. The van der Waals surface area contributed by atoms with Crippen molar-refractivity contribution in [2.24, 2.45) is 0 Å². The first kappa shape index (κ1) is 11.2. The van der Waals surface area contributed by atoms with Crippen LogP contribution in [0.1, 0.15) is 31.5 Å². The summed E-state index contributed by atoms with van der Waals surface area (Å²) in [4.78, 5) is 8.47. The molecule has 44 heavy (non-hydrogen) atoms. The maximum Gasteiger partial charge on any atom is 0.180 e. The highest BCUT2D eigenvalue weighted by Gasteiger charge is 2.17. The Bertz CT molecular complexity index is 3750. The lowest BCUT2D eigenvalue weighted by Crippen LogP contribution is -1.88. The predicted octanol–water partition coefficient (Wildman–Crippen LogP) is 11.4. The van der Waals surface area contributed by atoms with E-state index in [1.165, 1.54) is 0 Å². The van der Waals surface area contributed by atoms with Crippen LogP contribution in [0, 0.1) is 0 Å². The molecule has 0 saturated carbocycles. The Hall–Kier alpha value is -5.58. The molecule has 9 rings (SSSR count). The standard InChI is InChI=1S/C40H24N2OS/c1-2-8-25(9-3-1)26-16-18-27(19-17-26)28-20-21-35-34(23-28)38-39(43-35)37(41-24-42-38)30-11-6-10-29(22-30)31-13-7-14-33-32-12-4-5-15-36(32)44-40(31)33/h1-24H/i1D,2D,3D,4D,5D,6D,7D,8D,9D,10D,11D,12D,13D,14D,15D,16D,17D,18D,19D,20D,21D,22D,23D. The molecule has 3 heterocycles. The topological polar surface area (TPSA) is 38.9 Å². The maximum absolute atomic E-state index is 9.50. The lowest BCUT2D eigenvalue weighted by molar-refractivity contribution is 0.667. The second kappa shape index (κ2) is 10.0. The van der Waals surface area contributed by atoms with Gasteiger partial charge in [0.05, 0.1) is 31.5 Å². The number of thiophene rings is 1. The quantitative estimate of drug-likeness (QED) is 0.201. The predicted molar refractivity (Wildman–Crippen MR) is 184 cm³/mol. The van der Waals surface area contributed by atoms with E-state index in [0.29, 0.717) is 0 Å². The van der Waals surface area contributed by atoms with Gasteiger partial charge < -0.3 is 4.42 Å². The van der Waals surface area contributed by atoms with Crippen molar-refractivity contribution in [1.82, 2.24) is 9.97 Å². The zero-order chi connectivity index (χ0) is 49.1. The molecule has 9 aromatic rings. The lowest BCUT2D eigenvalue weighted by Gasteiger charge is -2.07. The minimum absolute atomic E-state index is 0.0366. The molecule has 0 aliphatic rings. The zero-order valence-electron chi connectivity index (χ0n) is 44.8. The van der Waals surface area contributed by atoms with E-state index >= 15 is 0 Å². The highest BCUT2D eigenvalue weighted by molar-refractivity contribution is 7.26. The summed E-state index contributed by atoms with van der Waals surface area (Å²) in [5.74, 6) is 0. The summed E-state index contributed by atoms with van der Waals surface area (Å²) in [6.07, 6.45) is 0.921. The van der Waals surface area contributed by atoms with Gasteiger partial charge in [0.25, 0.3) is 0 Å². The molecule has 0 fully saturated rings. The number of hydrogen-bond donors (Lipinski definition) is 0. The number of furan rings is 1. The molecular weight excluding hydrogens is 557 g/mol. The first-order valence-corrected chi connectivity index (χ1v) is 13.6. The molecule has 3 nitrogen and oxygen atoms in total. The first-order chi connectivity index (χ1) is 31.4. The van der Waals surface area contributed by atoms with Crippen LogP contribution in [0.4, 0.5) is 0 Å². The molecule has 0 bridgehead atoms.